The number of carbonyl (C=O) groups is 1. The summed E-state index contributed by atoms with van der Waals surface area (Å²) in [5.41, 5.74) is -0.0554. The number of hydrogen-bond donors (Lipinski definition) is 1. The van der Waals surface area contributed by atoms with Crippen molar-refractivity contribution in [1.82, 2.24) is 0 Å². The lowest BCUT2D eigenvalue weighted by Gasteiger charge is -2.16. The predicted octanol–water partition coefficient (Wildman–Crippen LogP) is 2.94. The van der Waals surface area contributed by atoms with E-state index in [0.717, 1.165) is 0 Å². The molecule has 0 aromatic heterocycles. The van der Waals surface area contributed by atoms with E-state index in [1.165, 1.54) is 51.7 Å². The minimum absolute atomic E-state index is 0.0237. The van der Waals surface area contributed by atoms with Gasteiger partial charge in [0.2, 0.25) is 0 Å². The van der Waals surface area contributed by atoms with Crippen LogP contribution in [0.15, 0.2) is 41.3 Å². The van der Waals surface area contributed by atoms with Gasteiger partial charge < -0.3 is 14.2 Å². The summed E-state index contributed by atoms with van der Waals surface area (Å²) < 4.78 is 42.6. The molecule has 0 saturated heterocycles. The zero-order valence-corrected chi connectivity index (χ0v) is 15.3. The van der Waals surface area contributed by atoms with Gasteiger partial charge in [0.25, 0.3) is 10.0 Å². The van der Waals surface area contributed by atoms with Crippen molar-refractivity contribution in [2.45, 2.75) is 4.90 Å². The first-order valence-electron chi connectivity index (χ1n) is 6.95. The number of halogens is 1. The van der Waals surface area contributed by atoms with E-state index in [1.807, 2.05) is 0 Å². The SMILES string of the molecule is COC(=O)c1cc(OC)c(OC)cc1NS(=O)(=O)c1ccccc1Cl. The number of ether oxygens (including phenoxy) is 3. The zero-order chi connectivity index (χ0) is 18.6. The van der Waals surface area contributed by atoms with Crippen molar-refractivity contribution in [3.05, 3.63) is 47.0 Å². The molecule has 134 valence electrons. The van der Waals surface area contributed by atoms with Gasteiger partial charge in [-0.2, -0.15) is 0 Å². The van der Waals surface area contributed by atoms with E-state index in [-0.39, 0.29) is 32.7 Å². The summed E-state index contributed by atoms with van der Waals surface area (Å²) in [5.74, 6) is -0.242. The third-order valence-corrected chi connectivity index (χ3v) is 5.16. The quantitative estimate of drug-likeness (QED) is 0.769. The van der Waals surface area contributed by atoms with Crippen molar-refractivity contribution in [3.63, 3.8) is 0 Å². The summed E-state index contributed by atoms with van der Waals surface area (Å²) in [7, 11) is -0.0668. The molecule has 25 heavy (non-hydrogen) atoms. The molecule has 0 fully saturated rings. The van der Waals surface area contributed by atoms with Gasteiger partial charge in [-0.25, -0.2) is 13.2 Å². The number of hydrogen-bond acceptors (Lipinski definition) is 6. The Morgan fingerprint density at radius 1 is 1.04 bits per heavy atom. The third kappa shape index (κ3) is 3.97. The van der Waals surface area contributed by atoms with Crippen LogP contribution in [0.2, 0.25) is 5.02 Å². The standard InChI is InChI=1S/C16H16ClNO6S/c1-22-13-8-10(16(19)24-3)12(9-14(13)23-2)18-25(20,21)15-7-5-4-6-11(15)17/h4-9,18H,1-3H3. The molecule has 0 unspecified atom stereocenters. The van der Waals surface area contributed by atoms with Gasteiger partial charge >= 0.3 is 5.97 Å². The Balaban J connectivity index is 2.58. The van der Waals surface area contributed by atoms with Gasteiger partial charge in [0, 0.05) is 12.1 Å². The van der Waals surface area contributed by atoms with E-state index in [9.17, 15) is 13.2 Å². The van der Waals surface area contributed by atoms with Crippen LogP contribution in [-0.4, -0.2) is 35.7 Å². The van der Waals surface area contributed by atoms with Crippen LogP contribution in [0.5, 0.6) is 11.5 Å². The first-order valence-corrected chi connectivity index (χ1v) is 8.81. The van der Waals surface area contributed by atoms with Crippen LogP contribution in [-0.2, 0) is 14.8 Å². The second-order valence-corrected chi connectivity index (χ2v) is 6.84. The molecule has 0 radical (unpaired) electrons. The maximum absolute atomic E-state index is 12.6. The Bertz CT molecular complexity index is 897. The van der Waals surface area contributed by atoms with Gasteiger partial charge in [0.15, 0.2) is 11.5 Å². The Kier molecular flexibility index (Phi) is 5.76. The summed E-state index contributed by atoms with van der Waals surface area (Å²) in [5, 5.41) is 0.0510. The van der Waals surface area contributed by atoms with Crippen molar-refractivity contribution in [2.75, 3.05) is 26.1 Å². The van der Waals surface area contributed by atoms with Gasteiger partial charge in [-0.05, 0) is 12.1 Å². The van der Waals surface area contributed by atoms with Gasteiger partial charge in [0.05, 0.1) is 37.6 Å². The second-order valence-electron chi connectivity index (χ2n) is 4.78. The predicted molar refractivity (Wildman–Crippen MR) is 93.1 cm³/mol. The molecule has 0 saturated carbocycles. The molecule has 0 atom stereocenters. The first kappa shape index (κ1) is 18.9. The monoisotopic (exact) mass is 385 g/mol. The topological polar surface area (TPSA) is 90.9 Å². The normalized spacial score (nSPS) is 10.9. The van der Waals surface area contributed by atoms with E-state index >= 15 is 0 Å². The van der Waals surface area contributed by atoms with Crippen molar-refractivity contribution < 1.29 is 27.4 Å². The molecule has 1 N–H and O–H groups in total. The number of benzene rings is 2. The largest absolute Gasteiger partial charge is 0.493 e. The molecule has 0 aliphatic carbocycles. The fourth-order valence-corrected chi connectivity index (χ4v) is 3.70. The Morgan fingerprint density at radius 2 is 1.64 bits per heavy atom. The lowest BCUT2D eigenvalue weighted by atomic mass is 10.1. The number of esters is 1. The fourth-order valence-electron chi connectivity index (χ4n) is 2.10. The van der Waals surface area contributed by atoms with Crippen molar-refractivity contribution in [2.24, 2.45) is 0 Å². The van der Waals surface area contributed by atoms with Crippen molar-refractivity contribution in [3.8, 4) is 11.5 Å². The second kappa shape index (κ2) is 7.62. The smallest absolute Gasteiger partial charge is 0.340 e. The summed E-state index contributed by atoms with van der Waals surface area (Å²) in [6.45, 7) is 0. The zero-order valence-electron chi connectivity index (χ0n) is 13.7. The van der Waals surface area contributed by atoms with Gasteiger partial charge in [-0.1, -0.05) is 23.7 Å². The molecular weight excluding hydrogens is 370 g/mol. The molecule has 2 aromatic carbocycles. The molecule has 0 spiro atoms. The number of sulfonamides is 1. The van der Waals surface area contributed by atoms with E-state index in [2.05, 4.69) is 4.72 Å². The molecule has 0 heterocycles. The maximum Gasteiger partial charge on any atom is 0.340 e. The molecule has 0 aliphatic heterocycles. The lowest BCUT2D eigenvalue weighted by Crippen LogP contribution is -2.17. The molecule has 0 bridgehead atoms. The molecule has 2 rings (SSSR count). The van der Waals surface area contributed by atoms with E-state index in [0.29, 0.717) is 0 Å². The van der Waals surface area contributed by atoms with E-state index in [1.54, 1.807) is 6.07 Å². The third-order valence-electron chi connectivity index (χ3n) is 3.30. The highest BCUT2D eigenvalue weighted by Gasteiger charge is 2.23. The highest BCUT2D eigenvalue weighted by Crippen LogP contribution is 2.35. The van der Waals surface area contributed by atoms with Crippen LogP contribution < -0.4 is 14.2 Å². The molecule has 2 aromatic rings. The molecule has 7 nitrogen and oxygen atoms in total. The van der Waals surface area contributed by atoms with Crippen molar-refractivity contribution in [1.29, 1.82) is 0 Å². The van der Waals surface area contributed by atoms with Crippen LogP contribution in [0.25, 0.3) is 0 Å². The minimum Gasteiger partial charge on any atom is -0.493 e. The van der Waals surface area contributed by atoms with Gasteiger partial charge in [-0.3, -0.25) is 4.72 Å². The summed E-state index contributed by atoms with van der Waals surface area (Å²) in [4.78, 5) is 11.9. The summed E-state index contributed by atoms with van der Waals surface area (Å²) in [6, 6.07) is 8.61. The minimum atomic E-state index is -4.04. The highest BCUT2D eigenvalue weighted by molar-refractivity contribution is 7.92. The van der Waals surface area contributed by atoms with Crippen LogP contribution in [0.4, 0.5) is 5.69 Å². The van der Waals surface area contributed by atoms with Crippen LogP contribution >= 0.6 is 11.6 Å². The highest BCUT2D eigenvalue weighted by atomic mass is 35.5. The number of nitrogens with one attached hydrogen (secondary N) is 1. The summed E-state index contributed by atoms with van der Waals surface area (Å²) >= 11 is 5.96. The number of methoxy groups -OCH3 is 3. The van der Waals surface area contributed by atoms with E-state index in [4.69, 9.17) is 25.8 Å². The first-order chi connectivity index (χ1) is 11.8. The van der Waals surface area contributed by atoms with Crippen molar-refractivity contribution >= 4 is 33.3 Å². The number of anilines is 1. The van der Waals surface area contributed by atoms with E-state index < -0.39 is 16.0 Å². The van der Waals surface area contributed by atoms with Crippen LogP contribution in [0, 0.1) is 0 Å². The van der Waals surface area contributed by atoms with Crippen LogP contribution in [0.3, 0.4) is 0 Å². The number of rotatable bonds is 6. The Morgan fingerprint density at radius 3 is 2.20 bits per heavy atom. The average Bonchev–Trinajstić information content (AvgIpc) is 2.60. The van der Waals surface area contributed by atoms with Crippen LogP contribution in [0.1, 0.15) is 10.4 Å². The van der Waals surface area contributed by atoms with Gasteiger partial charge in [0.1, 0.15) is 4.90 Å². The molecular formula is C16H16ClNO6S. The lowest BCUT2D eigenvalue weighted by molar-refractivity contribution is 0.0601. The average molecular weight is 386 g/mol. The molecule has 0 aliphatic rings. The summed E-state index contributed by atoms with van der Waals surface area (Å²) in [6.07, 6.45) is 0. The Hall–Kier alpha value is -2.45. The molecule has 9 heteroatoms. The molecule has 0 amide bonds. The fraction of sp³-hybridized carbons (Fsp3) is 0.188. The van der Waals surface area contributed by atoms with Gasteiger partial charge in [-0.15, -0.1) is 0 Å². The Labute approximate surface area is 150 Å². The maximum atomic E-state index is 12.6. The number of carbonyl (C=O) groups excluding carboxylic acids is 1.